The summed E-state index contributed by atoms with van der Waals surface area (Å²) in [5.74, 6) is -0.277. The van der Waals surface area contributed by atoms with Crippen LogP contribution < -0.4 is 4.90 Å². The minimum Gasteiger partial charge on any atom is -0.462 e. The van der Waals surface area contributed by atoms with Gasteiger partial charge in [0.15, 0.2) is 0 Å². The minimum absolute atomic E-state index is 0.0633. The zero-order chi connectivity index (χ0) is 23.4. The highest BCUT2D eigenvalue weighted by Crippen LogP contribution is 2.32. The number of hydrogen-bond donors (Lipinski definition) is 0. The second-order valence-electron chi connectivity index (χ2n) is 8.31. The van der Waals surface area contributed by atoms with Crippen molar-refractivity contribution in [2.45, 2.75) is 27.3 Å². The average Bonchev–Trinajstić information content (AvgIpc) is 3.09. The van der Waals surface area contributed by atoms with Crippen LogP contribution in [-0.4, -0.2) is 54.1 Å². The third-order valence-electron chi connectivity index (χ3n) is 6.34. The number of benzene rings is 2. The molecular weight excluding hydrogens is 414 g/mol. The molecule has 0 spiro atoms. The van der Waals surface area contributed by atoms with Crippen LogP contribution in [0.4, 0.5) is 5.69 Å². The number of hydrogen-bond acceptors (Lipinski definition) is 4. The molecule has 1 aliphatic heterocycles. The van der Waals surface area contributed by atoms with E-state index in [4.69, 9.17) is 4.74 Å². The Morgan fingerprint density at radius 2 is 1.48 bits per heavy atom. The van der Waals surface area contributed by atoms with Gasteiger partial charge in [0, 0.05) is 37.6 Å². The van der Waals surface area contributed by atoms with E-state index in [1.54, 1.807) is 6.92 Å². The van der Waals surface area contributed by atoms with Gasteiger partial charge in [-0.15, -0.1) is 0 Å². The first kappa shape index (κ1) is 22.6. The van der Waals surface area contributed by atoms with Crippen LogP contribution >= 0.6 is 0 Å². The number of amides is 1. The zero-order valence-electron chi connectivity index (χ0n) is 19.6. The van der Waals surface area contributed by atoms with Crippen LogP contribution in [0.5, 0.6) is 0 Å². The maximum absolute atomic E-state index is 13.3. The summed E-state index contributed by atoms with van der Waals surface area (Å²) < 4.78 is 7.29. The molecule has 0 bridgehead atoms. The topological polar surface area (TPSA) is 54.8 Å². The lowest BCUT2D eigenvalue weighted by atomic mass is 10.1. The van der Waals surface area contributed by atoms with Crippen molar-refractivity contribution in [3.05, 3.63) is 77.5 Å². The number of nitrogens with zero attached hydrogens (tertiary/aromatic N) is 3. The van der Waals surface area contributed by atoms with Crippen molar-refractivity contribution in [1.82, 2.24) is 9.47 Å². The van der Waals surface area contributed by atoms with Gasteiger partial charge in [-0.05, 0) is 44.0 Å². The summed E-state index contributed by atoms with van der Waals surface area (Å²) in [5, 5.41) is 0. The van der Waals surface area contributed by atoms with E-state index in [-0.39, 0.29) is 18.4 Å². The Balaban J connectivity index is 1.58. The number of carbonyl (C=O) groups is 2. The number of esters is 1. The molecule has 0 saturated carbocycles. The monoisotopic (exact) mass is 445 g/mol. The summed E-state index contributed by atoms with van der Waals surface area (Å²) >= 11 is 0. The predicted molar refractivity (Wildman–Crippen MR) is 131 cm³/mol. The highest BCUT2D eigenvalue weighted by molar-refractivity contribution is 5.95. The Bertz CT molecular complexity index is 1110. The summed E-state index contributed by atoms with van der Waals surface area (Å²) in [6.45, 7) is 9.11. The Morgan fingerprint density at radius 3 is 2.09 bits per heavy atom. The van der Waals surface area contributed by atoms with Gasteiger partial charge < -0.3 is 19.1 Å². The van der Waals surface area contributed by atoms with E-state index >= 15 is 0 Å². The van der Waals surface area contributed by atoms with Crippen molar-refractivity contribution in [3.8, 4) is 11.3 Å². The van der Waals surface area contributed by atoms with Crippen LogP contribution in [0.15, 0.2) is 60.7 Å². The largest absolute Gasteiger partial charge is 0.462 e. The SMILES string of the molecule is CCOC(=O)c1c(C)c(-c2ccccc2)n(CC(=O)N2CCN(c3ccccc3)CC2)c1C. The molecule has 1 fully saturated rings. The first-order chi connectivity index (χ1) is 16.0. The summed E-state index contributed by atoms with van der Waals surface area (Å²) in [6.07, 6.45) is 0. The predicted octanol–water partition coefficient (Wildman–Crippen LogP) is 4.30. The van der Waals surface area contributed by atoms with Crippen LogP contribution in [0.2, 0.25) is 0 Å². The summed E-state index contributed by atoms with van der Waals surface area (Å²) in [7, 11) is 0. The number of carbonyl (C=O) groups excluding carboxylic acids is 2. The van der Waals surface area contributed by atoms with Gasteiger partial charge in [-0.2, -0.15) is 0 Å². The Morgan fingerprint density at radius 1 is 0.879 bits per heavy atom. The first-order valence-corrected chi connectivity index (χ1v) is 11.5. The molecule has 1 amide bonds. The second-order valence-corrected chi connectivity index (χ2v) is 8.31. The molecule has 2 aromatic carbocycles. The number of para-hydroxylation sites is 1. The van der Waals surface area contributed by atoms with E-state index < -0.39 is 0 Å². The molecule has 1 aromatic heterocycles. The molecule has 3 aromatic rings. The highest BCUT2D eigenvalue weighted by atomic mass is 16.5. The fraction of sp³-hybridized carbons (Fsp3) is 0.333. The highest BCUT2D eigenvalue weighted by Gasteiger charge is 2.27. The van der Waals surface area contributed by atoms with Crippen LogP contribution in [0, 0.1) is 13.8 Å². The van der Waals surface area contributed by atoms with Gasteiger partial charge in [-0.25, -0.2) is 4.79 Å². The van der Waals surface area contributed by atoms with Crippen molar-refractivity contribution < 1.29 is 14.3 Å². The van der Waals surface area contributed by atoms with Gasteiger partial charge in [-0.1, -0.05) is 48.5 Å². The van der Waals surface area contributed by atoms with Crippen molar-refractivity contribution >= 4 is 17.6 Å². The third kappa shape index (κ3) is 4.65. The standard InChI is InChI=1S/C27H31N3O3/c1-4-33-27(32)25-20(2)26(22-11-7-5-8-12-22)30(21(25)3)19-24(31)29-17-15-28(16-18-29)23-13-9-6-10-14-23/h5-14H,4,15-19H2,1-3H3. The molecule has 0 radical (unpaired) electrons. The lowest BCUT2D eigenvalue weighted by molar-refractivity contribution is -0.132. The zero-order valence-corrected chi connectivity index (χ0v) is 19.6. The minimum atomic E-state index is -0.340. The van der Waals surface area contributed by atoms with Gasteiger partial charge in [0.2, 0.25) is 5.91 Å². The Labute approximate surface area is 195 Å². The molecule has 33 heavy (non-hydrogen) atoms. The Kier molecular flexibility index (Phi) is 6.82. The quantitative estimate of drug-likeness (QED) is 0.531. The first-order valence-electron chi connectivity index (χ1n) is 11.5. The van der Waals surface area contributed by atoms with Gasteiger partial charge in [0.25, 0.3) is 0 Å². The third-order valence-corrected chi connectivity index (χ3v) is 6.34. The van der Waals surface area contributed by atoms with Crippen LogP contribution in [0.25, 0.3) is 11.3 Å². The van der Waals surface area contributed by atoms with Gasteiger partial charge in [0.1, 0.15) is 6.54 Å². The molecule has 0 atom stereocenters. The van der Waals surface area contributed by atoms with Crippen molar-refractivity contribution in [1.29, 1.82) is 0 Å². The molecular formula is C27H31N3O3. The maximum Gasteiger partial charge on any atom is 0.340 e. The molecule has 1 aliphatic rings. The number of anilines is 1. The van der Waals surface area contributed by atoms with Crippen LogP contribution in [-0.2, 0) is 16.1 Å². The average molecular weight is 446 g/mol. The summed E-state index contributed by atoms with van der Waals surface area (Å²) in [6, 6.07) is 20.2. The molecule has 6 nitrogen and oxygen atoms in total. The van der Waals surface area contributed by atoms with Gasteiger partial charge in [0.05, 0.1) is 17.9 Å². The lowest BCUT2D eigenvalue weighted by Crippen LogP contribution is -2.49. The molecule has 0 unspecified atom stereocenters. The number of aromatic nitrogens is 1. The van der Waals surface area contributed by atoms with E-state index in [1.165, 1.54) is 5.69 Å². The number of rotatable bonds is 6. The van der Waals surface area contributed by atoms with Crippen molar-refractivity contribution in [2.75, 3.05) is 37.7 Å². The van der Waals surface area contributed by atoms with E-state index in [0.717, 1.165) is 35.6 Å². The molecule has 6 heteroatoms. The maximum atomic E-state index is 13.3. The van der Waals surface area contributed by atoms with E-state index in [1.807, 2.05) is 71.8 Å². The van der Waals surface area contributed by atoms with Crippen molar-refractivity contribution in [3.63, 3.8) is 0 Å². The molecule has 0 aliphatic carbocycles. The van der Waals surface area contributed by atoms with Gasteiger partial charge in [-0.3, -0.25) is 4.79 Å². The molecule has 4 rings (SSSR count). The van der Waals surface area contributed by atoms with Crippen molar-refractivity contribution in [2.24, 2.45) is 0 Å². The van der Waals surface area contributed by atoms with Gasteiger partial charge >= 0.3 is 5.97 Å². The lowest BCUT2D eigenvalue weighted by Gasteiger charge is -2.36. The molecule has 2 heterocycles. The molecule has 172 valence electrons. The molecule has 0 N–H and O–H groups in total. The number of piperazine rings is 1. The summed E-state index contributed by atoms with van der Waals surface area (Å²) in [4.78, 5) is 30.3. The fourth-order valence-corrected chi connectivity index (χ4v) is 4.65. The summed E-state index contributed by atoms with van der Waals surface area (Å²) in [5.41, 5.74) is 5.23. The smallest absolute Gasteiger partial charge is 0.340 e. The van der Waals surface area contributed by atoms with E-state index in [0.29, 0.717) is 25.3 Å². The molecule has 1 saturated heterocycles. The second kappa shape index (κ2) is 9.94. The Hall–Kier alpha value is -3.54. The normalized spacial score (nSPS) is 13.8. The van der Waals surface area contributed by atoms with E-state index in [9.17, 15) is 9.59 Å². The fourth-order valence-electron chi connectivity index (χ4n) is 4.65. The van der Waals surface area contributed by atoms with E-state index in [2.05, 4.69) is 17.0 Å². The van der Waals surface area contributed by atoms with Crippen LogP contribution in [0.3, 0.4) is 0 Å². The van der Waals surface area contributed by atoms with Crippen LogP contribution in [0.1, 0.15) is 28.5 Å². The number of ether oxygens (including phenoxy) is 1.